The molecule has 2 unspecified atom stereocenters. The van der Waals surface area contributed by atoms with Crippen LogP contribution in [-0.2, 0) is 20.9 Å². The lowest BCUT2D eigenvalue weighted by molar-refractivity contribution is -0.139. The number of nitrogens with one attached hydrogen (secondary N) is 1. The summed E-state index contributed by atoms with van der Waals surface area (Å²) >= 11 is 0. The van der Waals surface area contributed by atoms with Crippen LogP contribution >= 0.6 is 0 Å². The van der Waals surface area contributed by atoms with Crippen molar-refractivity contribution in [2.24, 2.45) is 0 Å². The Kier molecular flexibility index (Phi) is 4.38. The molecule has 2 heterocycles. The summed E-state index contributed by atoms with van der Waals surface area (Å²) < 4.78 is 5.04. The molecule has 0 spiro atoms. The first-order valence-electron chi connectivity index (χ1n) is 8.79. The molecule has 27 heavy (non-hydrogen) atoms. The predicted molar refractivity (Wildman–Crippen MR) is 102 cm³/mol. The molecule has 2 aliphatic rings. The zero-order valence-electron chi connectivity index (χ0n) is 15.0. The summed E-state index contributed by atoms with van der Waals surface area (Å²) in [7, 11) is 1.34. The Bertz CT molecular complexity index is 935. The van der Waals surface area contributed by atoms with Gasteiger partial charge in [-0.25, -0.2) is 4.79 Å². The van der Waals surface area contributed by atoms with Crippen molar-refractivity contribution < 1.29 is 14.3 Å². The van der Waals surface area contributed by atoms with Crippen molar-refractivity contribution in [3.63, 3.8) is 0 Å². The van der Waals surface area contributed by atoms with Gasteiger partial charge in [0.1, 0.15) is 6.04 Å². The van der Waals surface area contributed by atoms with Crippen molar-refractivity contribution in [3.8, 4) is 0 Å². The SMILES string of the molecule is C=C1NC(=O)C2C(C(=O)OC)=C(c3ccccc3)C1N2Cc1ccccc1. The molecule has 0 radical (unpaired) electrons. The molecule has 2 atom stereocenters. The van der Waals surface area contributed by atoms with E-state index < -0.39 is 12.0 Å². The van der Waals surface area contributed by atoms with E-state index in [1.807, 2.05) is 65.6 Å². The second-order valence-electron chi connectivity index (χ2n) is 6.66. The normalized spacial score (nSPS) is 22.0. The van der Waals surface area contributed by atoms with E-state index in [0.717, 1.165) is 16.7 Å². The van der Waals surface area contributed by atoms with E-state index in [0.29, 0.717) is 17.8 Å². The zero-order chi connectivity index (χ0) is 19.0. The molecule has 0 saturated carbocycles. The Labute approximate surface area is 157 Å². The molecule has 1 fully saturated rings. The van der Waals surface area contributed by atoms with Crippen molar-refractivity contribution in [3.05, 3.63) is 89.6 Å². The molecule has 5 heteroatoms. The van der Waals surface area contributed by atoms with Gasteiger partial charge in [-0.3, -0.25) is 9.69 Å². The van der Waals surface area contributed by atoms with Gasteiger partial charge in [-0.15, -0.1) is 0 Å². The maximum Gasteiger partial charge on any atom is 0.336 e. The molecule has 1 N–H and O–H groups in total. The Balaban J connectivity index is 1.87. The van der Waals surface area contributed by atoms with Crippen LogP contribution in [0.5, 0.6) is 0 Å². The fraction of sp³-hybridized carbons (Fsp3) is 0.182. The molecule has 2 aliphatic heterocycles. The number of nitrogens with zero attached hydrogens (tertiary/aromatic N) is 1. The van der Waals surface area contributed by atoms with Crippen molar-refractivity contribution >= 4 is 17.4 Å². The summed E-state index contributed by atoms with van der Waals surface area (Å²) in [6.07, 6.45) is 0. The molecule has 0 aromatic heterocycles. The van der Waals surface area contributed by atoms with Gasteiger partial charge in [0.15, 0.2) is 0 Å². The molecule has 2 aromatic carbocycles. The summed E-state index contributed by atoms with van der Waals surface area (Å²) in [6, 6.07) is 18.5. The minimum Gasteiger partial charge on any atom is -0.466 e. The number of amides is 1. The zero-order valence-corrected chi connectivity index (χ0v) is 15.0. The van der Waals surface area contributed by atoms with Crippen LogP contribution in [0.25, 0.3) is 5.57 Å². The van der Waals surface area contributed by atoms with E-state index >= 15 is 0 Å². The number of methoxy groups -OCH3 is 1. The van der Waals surface area contributed by atoms with Crippen molar-refractivity contribution in [1.29, 1.82) is 0 Å². The maximum absolute atomic E-state index is 12.8. The number of fused-ring (bicyclic) bond motifs is 2. The van der Waals surface area contributed by atoms with Gasteiger partial charge in [0, 0.05) is 12.2 Å². The maximum atomic E-state index is 12.8. The summed E-state index contributed by atoms with van der Waals surface area (Å²) in [5.74, 6) is -0.734. The lowest BCUT2D eigenvalue weighted by Gasteiger charge is -2.37. The third kappa shape index (κ3) is 2.86. The number of piperazine rings is 1. The molecular formula is C22H20N2O3. The van der Waals surface area contributed by atoms with Crippen LogP contribution in [0.15, 0.2) is 78.5 Å². The Morgan fingerprint density at radius 1 is 1.07 bits per heavy atom. The van der Waals surface area contributed by atoms with E-state index in [2.05, 4.69) is 11.9 Å². The van der Waals surface area contributed by atoms with Crippen LogP contribution in [0.4, 0.5) is 0 Å². The van der Waals surface area contributed by atoms with Crippen molar-refractivity contribution in [2.45, 2.75) is 18.6 Å². The summed E-state index contributed by atoms with van der Waals surface area (Å²) in [6.45, 7) is 4.60. The highest BCUT2D eigenvalue weighted by Crippen LogP contribution is 2.43. The van der Waals surface area contributed by atoms with E-state index in [1.54, 1.807) is 0 Å². The quantitative estimate of drug-likeness (QED) is 0.852. The van der Waals surface area contributed by atoms with Gasteiger partial charge in [-0.1, -0.05) is 67.2 Å². The summed E-state index contributed by atoms with van der Waals surface area (Å²) in [4.78, 5) is 27.5. The second-order valence-corrected chi connectivity index (χ2v) is 6.66. The largest absolute Gasteiger partial charge is 0.466 e. The molecule has 1 amide bonds. The molecule has 1 saturated heterocycles. The highest BCUT2D eigenvalue weighted by molar-refractivity contribution is 6.10. The Morgan fingerprint density at radius 3 is 2.33 bits per heavy atom. The first-order valence-corrected chi connectivity index (χ1v) is 8.79. The van der Waals surface area contributed by atoms with Gasteiger partial charge < -0.3 is 10.1 Å². The van der Waals surface area contributed by atoms with E-state index in [-0.39, 0.29) is 11.9 Å². The molecule has 136 valence electrons. The smallest absolute Gasteiger partial charge is 0.336 e. The monoisotopic (exact) mass is 360 g/mol. The van der Waals surface area contributed by atoms with Gasteiger partial charge in [-0.2, -0.15) is 0 Å². The average molecular weight is 360 g/mol. The minimum absolute atomic E-state index is 0.251. The molecule has 0 aliphatic carbocycles. The van der Waals surface area contributed by atoms with Crippen molar-refractivity contribution in [2.75, 3.05) is 7.11 Å². The number of carbonyl (C=O) groups excluding carboxylic acids is 2. The average Bonchev–Trinajstić information content (AvgIpc) is 2.97. The Hall–Kier alpha value is -3.18. The van der Waals surface area contributed by atoms with Crippen LogP contribution in [0.2, 0.25) is 0 Å². The highest BCUT2D eigenvalue weighted by Gasteiger charge is 2.52. The Morgan fingerprint density at radius 2 is 1.70 bits per heavy atom. The third-order valence-corrected chi connectivity index (χ3v) is 5.06. The molecule has 4 rings (SSSR count). The number of hydrogen-bond donors (Lipinski definition) is 1. The summed E-state index contributed by atoms with van der Waals surface area (Å²) in [5.41, 5.74) is 3.70. The topological polar surface area (TPSA) is 58.6 Å². The second kappa shape index (κ2) is 6.85. The fourth-order valence-corrected chi connectivity index (χ4v) is 3.97. The number of esters is 1. The van der Waals surface area contributed by atoms with Crippen LogP contribution in [0.3, 0.4) is 0 Å². The molecular weight excluding hydrogens is 340 g/mol. The van der Waals surface area contributed by atoms with Crippen LogP contribution in [0, 0.1) is 0 Å². The van der Waals surface area contributed by atoms with Crippen LogP contribution < -0.4 is 5.32 Å². The van der Waals surface area contributed by atoms with Gasteiger partial charge in [0.2, 0.25) is 5.91 Å². The lowest BCUT2D eigenvalue weighted by atomic mass is 9.94. The third-order valence-electron chi connectivity index (χ3n) is 5.06. The predicted octanol–water partition coefficient (Wildman–Crippen LogP) is 2.51. The number of benzene rings is 2. The standard InChI is InChI=1S/C22H20N2O3/c1-14-19-17(16-11-7-4-8-12-16)18(22(26)27-2)20(21(25)23-14)24(19)13-15-9-5-3-6-10-15/h3-12,19-20H,1,13H2,2H3,(H,23,25). The van der Waals surface area contributed by atoms with E-state index in [9.17, 15) is 9.59 Å². The van der Waals surface area contributed by atoms with Crippen LogP contribution in [0.1, 0.15) is 11.1 Å². The number of rotatable bonds is 4. The summed E-state index contributed by atoms with van der Waals surface area (Å²) in [5, 5.41) is 2.84. The number of hydrogen-bond acceptors (Lipinski definition) is 4. The highest BCUT2D eigenvalue weighted by atomic mass is 16.5. The van der Waals surface area contributed by atoms with Crippen molar-refractivity contribution in [1.82, 2.24) is 10.2 Å². The lowest BCUT2D eigenvalue weighted by Crippen LogP contribution is -2.55. The molecule has 5 nitrogen and oxygen atoms in total. The van der Waals surface area contributed by atoms with E-state index in [1.165, 1.54) is 7.11 Å². The van der Waals surface area contributed by atoms with Gasteiger partial charge in [-0.05, 0) is 16.7 Å². The van der Waals surface area contributed by atoms with E-state index in [4.69, 9.17) is 4.74 Å². The first kappa shape index (κ1) is 17.2. The minimum atomic E-state index is -0.705. The van der Waals surface area contributed by atoms with Gasteiger partial charge in [0.05, 0.1) is 18.7 Å². The fourth-order valence-electron chi connectivity index (χ4n) is 3.97. The van der Waals surface area contributed by atoms with Gasteiger partial charge >= 0.3 is 5.97 Å². The van der Waals surface area contributed by atoms with Gasteiger partial charge in [0.25, 0.3) is 0 Å². The number of carbonyl (C=O) groups is 2. The number of ether oxygens (including phenoxy) is 1. The van der Waals surface area contributed by atoms with Crippen LogP contribution in [-0.4, -0.2) is 36.0 Å². The molecule has 2 aromatic rings. The molecule has 2 bridgehead atoms. The first-order chi connectivity index (χ1) is 13.1.